The van der Waals surface area contributed by atoms with Crippen LogP contribution in [0.1, 0.15) is 161 Å². The molecule has 0 atom stereocenters. The highest BCUT2D eigenvalue weighted by Gasteiger charge is 2.20. The van der Waals surface area contributed by atoms with Gasteiger partial charge in [0.05, 0.1) is 48.7 Å². The first kappa shape index (κ1) is 44.3. The van der Waals surface area contributed by atoms with Gasteiger partial charge >= 0.3 is 23.9 Å². The molecule has 0 N–H and O–H groups in total. The molecule has 0 aliphatic carbocycles. The van der Waals surface area contributed by atoms with Crippen LogP contribution in [0.3, 0.4) is 0 Å². The Bertz CT molecular complexity index is 1170. The lowest BCUT2D eigenvalue weighted by molar-refractivity contribution is 0.0412. The fraction of sp³-hybridized carbons (Fsp3) is 0.619. The maximum Gasteiger partial charge on any atom is 0.339 e. The molecule has 0 bridgehead atoms. The zero-order valence-corrected chi connectivity index (χ0v) is 32.1. The Labute approximate surface area is 302 Å². The Hall–Kier alpha value is -3.68. The molecule has 2 aromatic carbocycles. The van der Waals surface area contributed by atoms with E-state index in [1.807, 2.05) is 27.7 Å². The molecule has 0 fully saturated rings. The second kappa shape index (κ2) is 26.2. The van der Waals surface area contributed by atoms with Crippen LogP contribution in [0.4, 0.5) is 0 Å². The van der Waals surface area contributed by atoms with E-state index < -0.39 is 23.9 Å². The van der Waals surface area contributed by atoms with E-state index in [2.05, 4.69) is 27.7 Å². The zero-order valence-electron chi connectivity index (χ0n) is 32.1. The molecule has 0 heterocycles. The van der Waals surface area contributed by atoms with Crippen LogP contribution in [0.2, 0.25) is 0 Å². The Balaban J connectivity index is 0.000000542. The molecule has 280 valence electrons. The number of carbonyl (C=O) groups excluding carboxylic acids is 4. The summed E-state index contributed by atoms with van der Waals surface area (Å²) in [6, 6.07) is 13.3. The molecule has 0 aromatic heterocycles. The molecule has 50 heavy (non-hydrogen) atoms. The number of rotatable bonds is 22. The van der Waals surface area contributed by atoms with E-state index in [9.17, 15) is 19.2 Å². The van der Waals surface area contributed by atoms with Crippen molar-refractivity contribution in [1.82, 2.24) is 0 Å². The Kier molecular flexibility index (Phi) is 23.2. The predicted octanol–water partition coefficient (Wildman–Crippen LogP) is 10.5. The summed E-state index contributed by atoms with van der Waals surface area (Å²) in [5.74, 6) is 0.106. The number of esters is 4. The second-order valence-corrected chi connectivity index (χ2v) is 14.5. The molecule has 8 nitrogen and oxygen atoms in total. The first-order valence-electron chi connectivity index (χ1n) is 18.7. The van der Waals surface area contributed by atoms with E-state index in [4.69, 9.17) is 18.9 Å². The highest BCUT2D eigenvalue weighted by molar-refractivity contribution is 6.03. The number of unbranched alkanes of at least 4 members (excludes halogenated alkanes) is 6. The molecule has 8 heteroatoms. The monoisotopic (exact) mass is 696 g/mol. The van der Waals surface area contributed by atoms with Gasteiger partial charge in [0.2, 0.25) is 0 Å². The van der Waals surface area contributed by atoms with Crippen LogP contribution in [0.15, 0.2) is 48.5 Å². The van der Waals surface area contributed by atoms with E-state index in [1.165, 1.54) is 25.7 Å². The molecule has 2 rings (SSSR count). The largest absolute Gasteiger partial charge is 0.462 e. The fourth-order valence-electron chi connectivity index (χ4n) is 4.82. The fourth-order valence-corrected chi connectivity index (χ4v) is 4.82. The van der Waals surface area contributed by atoms with Gasteiger partial charge in [-0.1, -0.05) is 131 Å². The summed E-state index contributed by atoms with van der Waals surface area (Å²) in [5, 5.41) is 0. The Morgan fingerprint density at radius 3 is 0.960 bits per heavy atom. The third-order valence-corrected chi connectivity index (χ3v) is 7.65. The van der Waals surface area contributed by atoms with Crippen molar-refractivity contribution in [2.24, 2.45) is 23.7 Å². The van der Waals surface area contributed by atoms with Gasteiger partial charge in [-0.3, -0.25) is 0 Å². The highest BCUT2D eigenvalue weighted by Crippen LogP contribution is 2.16. The van der Waals surface area contributed by atoms with Gasteiger partial charge in [-0.2, -0.15) is 0 Å². The lowest BCUT2D eigenvalue weighted by Crippen LogP contribution is -2.17. The predicted molar refractivity (Wildman–Crippen MR) is 200 cm³/mol. The van der Waals surface area contributed by atoms with Crippen LogP contribution in [0.5, 0.6) is 0 Å². The molecule has 0 aliphatic rings. The molecule has 0 unspecified atom stereocenters. The van der Waals surface area contributed by atoms with Gasteiger partial charge in [0.25, 0.3) is 0 Å². The first-order chi connectivity index (χ1) is 23.8. The maximum absolute atomic E-state index is 12.4. The summed E-state index contributed by atoms with van der Waals surface area (Å²) in [7, 11) is 0. The SMILES string of the molecule is CC(C)CCCCCCOC(=O)c1ccccc1C(=O)OCCCCCCC(C)C.CC(C)COC(=O)c1ccccc1C(=O)OCC(C)C. The first-order valence-corrected chi connectivity index (χ1v) is 18.7. The lowest BCUT2D eigenvalue weighted by atomic mass is 10.0. The molecule has 0 saturated carbocycles. The topological polar surface area (TPSA) is 105 Å². The minimum Gasteiger partial charge on any atom is -0.462 e. The van der Waals surface area contributed by atoms with Crippen LogP contribution in [0, 0.1) is 23.7 Å². The van der Waals surface area contributed by atoms with Crippen molar-refractivity contribution >= 4 is 23.9 Å². The Morgan fingerprint density at radius 2 is 0.680 bits per heavy atom. The summed E-state index contributed by atoms with van der Waals surface area (Å²) in [5.41, 5.74) is 1.09. The molecule has 0 amide bonds. The smallest absolute Gasteiger partial charge is 0.339 e. The number of hydrogen-bond donors (Lipinski definition) is 0. The number of benzene rings is 2. The summed E-state index contributed by atoms with van der Waals surface area (Å²) < 4.78 is 21.1. The zero-order chi connectivity index (χ0) is 37.3. The standard InChI is InChI=1S/C26H42O4.C16H22O4/c1-21(2)15-9-5-7-13-19-29-25(27)23-17-11-12-18-24(23)26(28)30-20-14-8-6-10-16-22(3)4;1-11(2)9-19-15(17)13-7-5-6-8-14(13)16(18)20-10-12(3)4/h11-12,17-18,21-22H,5-10,13-16,19-20H2,1-4H3;5-8,11-12H,9-10H2,1-4H3. The summed E-state index contributed by atoms with van der Waals surface area (Å²) in [4.78, 5) is 48.8. The normalized spacial score (nSPS) is 11.0. The summed E-state index contributed by atoms with van der Waals surface area (Å²) >= 11 is 0. The van der Waals surface area contributed by atoms with Crippen LogP contribution < -0.4 is 0 Å². The van der Waals surface area contributed by atoms with Crippen LogP contribution in [-0.4, -0.2) is 50.3 Å². The molecule has 2 aromatic rings. The molecule has 0 saturated heterocycles. The molecule has 0 spiro atoms. The van der Waals surface area contributed by atoms with Gasteiger partial charge in [-0.15, -0.1) is 0 Å². The van der Waals surface area contributed by atoms with Crippen molar-refractivity contribution in [2.75, 3.05) is 26.4 Å². The number of carbonyl (C=O) groups is 4. The van der Waals surface area contributed by atoms with Gasteiger partial charge in [0.1, 0.15) is 0 Å². The van der Waals surface area contributed by atoms with Crippen LogP contribution in [0.25, 0.3) is 0 Å². The van der Waals surface area contributed by atoms with Crippen molar-refractivity contribution in [3.8, 4) is 0 Å². The van der Waals surface area contributed by atoms with E-state index in [-0.39, 0.29) is 23.0 Å². The van der Waals surface area contributed by atoms with Gasteiger partial charge in [0, 0.05) is 0 Å². The molecule has 0 radical (unpaired) electrons. The van der Waals surface area contributed by atoms with E-state index in [0.717, 1.165) is 50.4 Å². The average Bonchev–Trinajstić information content (AvgIpc) is 3.08. The molecular weight excluding hydrogens is 632 g/mol. The van der Waals surface area contributed by atoms with Crippen molar-refractivity contribution < 1.29 is 38.1 Å². The van der Waals surface area contributed by atoms with E-state index >= 15 is 0 Å². The third kappa shape index (κ3) is 20.1. The maximum atomic E-state index is 12.4. The average molecular weight is 697 g/mol. The minimum absolute atomic E-state index is 0.249. The quantitative estimate of drug-likeness (QED) is 0.0680. The van der Waals surface area contributed by atoms with E-state index in [1.54, 1.807) is 48.5 Å². The van der Waals surface area contributed by atoms with Crippen molar-refractivity contribution in [3.05, 3.63) is 70.8 Å². The van der Waals surface area contributed by atoms with Crippen molar-refractivity contribution in [1.29, 1.82) is 0 Å². The highest BCUT2D eigenvalue weighted by atomic mass is 16.5. The Morgan fingerprint density at radius 1 is 0.400 bits per heavy atom. The van der Waals surface area contributed by atoms with Crippen LogP contribution >= 0.6 is 0 Å². The van der Waals surface area contributed by atoms with Gasteiger partial charge in [-0.25, -0.2) is 19.2 Å². The van der Waals surface area contributed by atoms with Gasteiger partial charge in [-0.05, 0) is 60.8 Å². The summed E-state index contributed by atoms with van der Waals surface area (Å²) in [6.07, 6.45) is 11.1. The van der Waals surface area contributed by atoms with Crippen molar-refractivity contribution in [3.63, 3.8) is 0 Å². The summed E-state index contributed by atoms with van der Waals surface area (Å²) in [6.45, 7) is 18.2. The lowest BCUT2D eigenvalue weighted by Gasteiger charge is -2.11. The number of ether oxygens (including phenoxy) is 4. The second-order valence-electron chi connectivity index (χ2n) is 14.5. The van der Waals surface area contributed by atoms with Crippen molar-refractivity contribution in [2.45, 2.75) is 120 Å². The van der Waals surface area contributed by atoms with Crippen LogP contribution in [-0.2, 0) is 18.9 Å². The van der Waals surface area contributed by atoms with Gasteiger partial charge in [0.15, 0.2) is 0 Å². The minimum atomic E-state index is -0.490. The van der Waals surface area contributed by atoms with E-state index in [0.29, 0.717) is 37.6 Å². The van der Waals surface area contributed by atoms with Gasteiger partial charge < -0.3 is 18.9 Å². The molecule has 0 aliphatic heterocycles. The third-order valence-electron chi connectivity index (χ3n) is 7.65. The molecular formula is C42H64O8. The number of hydrogen-bond acceptors (Lipinski definition) is 8.